The summed E-state index contributed by atoms with van der Waals surface area (Å²) in [5, 5.41) is 2.63. The Morgan fingerprint density at radius 3 is 2.26 bits per heavy atom. The van der Waals surface area contributed by atoms with Crippen molar-refractivity contribution in [3.63, 3.8) is 0 Å². The molecule has 7 heteroatoms. The molecule has 0 bridgehead atoms. The highest BCUT2D eigenvalue weighted by Crippen LogP contribution is 2.25. The van der Waals surface area contributed by atoms with Crippen molar-refractivity contribution in [1.29, 1.82) is 0 Å². The Hall–Kier alpha value is -2.22. The van der Waals surface area contributed by atoms with Crippen molar-refractivity contribution >= 4 is 21.6 Å². The molecule has 3 rings (SSSR count). The van der Waals surface area contributed by atoms with Gasteiger partial charge in [-0.2, -0.15) is 0 Å². The van der Waals surface area contributed by atoms with Crippen LogP contribution in [0.5, 0.6) is 0 Å². The van der Waals surface area contributed by atoms with Crippen LogP contribution in [0.1, 0.15) is 31.4 Å². The van der Waals surface area contributed by atoms with Crippen molar-refractivity contribution in [2.75, 3.05) is 25.0 Å². The summed E-state index contributed by atoms with van der Waals surface area (Å²) < 4.78 is 28.2. The van der Waals surface area contributed by atoms with Crippen LogP contribution in [0.2, 0.25) is 0 Å². The maximum Gasteiger partial charge on any atom is 0.240 e. The number of nitrogens with one attached hydrogen (secondary N) is 2. The number of carbonyl (C=O) groups is 1. The van der Waals surface area contributed by atoms with E-state index in [1.807, 2.05) is 30.3 Å². The lowest BCUT2D eigenvalue weighted by atomic mass is 10.1. The van der Waals surface area contributed by atoms with E-state index in [1.165, 1.54) is 19.1 Å². The van der Waals surface area contributed by atoms with E-state index >= 15 is 0 Å². The second-order valence-corrected chi connectivity index (χ2v) is 8.49. The molecule has 6 nitrogen and oxygen atoms in total. The molecule has 2 N–H and O–H groups in total. The van der Waals surface area contributed by atoms with E-state index in [0.717, 1.165) is 31.5 Å². The molecule has 0 aromatic heterocycles. The largest absolute Gasteiger partial charge is 0.326 e. The standard InChI is InChI=1S/C20H25N3O3S/c1-16(24)22-18-9-11-19(12-10-18)27(25,26)21-15-20(23-13-5-6-14-23)17-7-3-2-4-8-17/h2-4,7-12,20-21H,5-6,13-15H2,1H3,(H,22,24)/t20-/m1/s1. The van der Waals surface area contributed by atoms with Crippen LogP contribution in [-0.2, 0) is 14.8 Å². The van der Waals surface area contributed by atoms with Gasteiger partial charge in [0.1, 0.15) is 0 Å². The molecule has 1 atom stereocenters. The molecular formula is C20H25N3O3S. The monoisotopic (exact) mass is 387 g/mol. The molecule has 2 aromatic carbocycles. The van der Waals surface area contributed by atoms with E-state index < -0.39 is 10.0 Å². The molecule has 0 spiro atoms. The fourth-order valence-electron chi connectivity index (χ4n) is 3.38. The van der Waals surface area contributed by atoms with Crippen molar-refractivity contribution in [1.82, 2.24) is 9.62 Å². The molecule has 1 aliphatic rings. The van der Waals surface area contributed by atoms with Gasteiger partial charge in [0.15, 0.2) is 0 Å². The number of benzene rings is 2. The first-order valence-electron chi connectivity index (χ1n) is 9.12. The number of sulfonamides is 1. The minimum Gasteiger partial charge on any atom is -0.326 e. The van der Waals surface area contributed by atoms with E-state index in [4.69, 9.17) is 0 Å². The Morgan fingerprint density at radius 1 is 1.04 bits per heavy atom. The Morgan fingerprint density at radius 2 is 1.67 bits per heavy atom. The van der Waals surface area contributed by atoms with Gasteiger partial charge in [0, 0.05) is 25.2 Å². The number of anilines is 1. The zero-order chi connectivity index (χ0) is 19.3. The van der Waals surface area contributed by atoms with E-state index in [-0.39, 0.29) is 16.8 Å². The SMILES string of the molecule is CC(=O)Nc1ccc(S(=O)(=O)NC[C@H](c2ccccc2)N2CCCC2)cc1. The second-order valence-electron chi connectivity index (χ2n) is 6.73. The number of rotatable bonds is 7. The van der Waals surface area contributed by atoms with Gasteiger partial charge < -0.3 is 5.32 Å². The van der Waals surface area contributed by atoms with E-state index in [0.29, 0.717) is 12.2 Å². The summed E-state index contributed by atoms with van der Waals surface area (Å²) in [7, 11) is -3.63. The number of carbonyl (C=O) groups excluding carboxylic acids is 1. The Bertz CT molecular complexity index is 861. The number of amides is 1. The van der Waals surface area contributed by atoms with Crippen LogP contribution < -0.4 is 10.0 Å². The summed E-state index contributed by atoms with van der Waals surface area (Å²) in [6, 6.07) is 16.2. The molecule has 0 aliphatic carbocycles. The first kappa shape index (κ1) is 19.5. The van der Waals surface area contributed by atoms with Gasteiger partial charge >= 0.3 is 0 Å². The summed E-state index contributed by atoms with van der Waals surface area (Å²) in [5.41, 5.74) is 1.68. The van der Waals surface area contributed by atoms with E-state index in [9.17, 15) is 13.2 Å². The fourth-order valence-corrected chi connectivity index (χ4v) is 4.42. The maximum absolute atomic E-state index is 12.7. The molecule has 1 saturated heterocycles. The molecule has 1 fully saturated rings. The topological polar surface area (TPSA) is 78.5 Å². The van der Waals surface area contributed by atoms with Crippen molar-refractivity contribution in [2.24, 2.45) is 0 Å². The molecule has 2 aromatic rings. The van der Waals surface area contributed by atoms with Crippen LogP contribution in [0.3, 0.4) is 0 Å². The third kappa shape index (κ3) is 5.15. The predicted molar refractivity (Wildman–Crippen MR) is 106 cm³/mol. The summed E-state index contributed by atoms with van der Waals surface area (Å²) >= 11 is 0. The van der Waals surface area contributed by atoms with Crippen LogP contribution in [0.15, 0.2) is 59.5 Å². The Labute approximate surface area is 160 Å². The number of nitrogens with zero attached hydrogens (tertiary/aromatic N) is 1. The highest BCUT2D eigenvalue weighted by atomic mass is 32.2. The maximum atomic E-state index is 12.7. The lowest BCUT2D eigenvalue weighted by molar-refractivity contribution is -0.114. The molecule has 1 heterocycles. The summed E-state index contributed by atoms with van der Waals surface area (Å²) in [5.74, 6) is -0.194. The molecular weight excluding hydrogens is 362 g/mol. The van der Waals surface area contributed by atoms with Crippen molar-refractivity contribution < 1.29 is 13.2 Å². The first-order valence-corrected chi connectivity index (χ1v) is 10.6. The number of likely N-dealkylation sites (tertiary alicyclic amines) is 1. The van der Waals surface area contributed by atoms with Crippen LogP contribution in [0.4, 0.5) is 5.69 Å². The van der Waals surface area contributed by atoms with Crippen molar-refractivity contribution in [2.45, 2.75) is 30.7 Å². The Kier molecular flexibility index (Phi) is 6.26. The van der Waals surface area contributed by atoms with Gasteiger partial charge in [-0.05, 0) is 55.8 Å². The predicted octanol–water partition coefficient (Wildman–Crippen LogP) is 2.76. The molecule has 144 valence electrons. The molecule has 0 unspecified atom stereocenters. The highest BCUT2D eigenvalue weighted by Gasteiger charge is 2.25. The van der Waals surface area contributed by atoms with Gasteiger partial charge in [0.05, 0.1) is 4.90 Å². The molecule has 0 saturated carbocycles. The van der Waals surface area contributed by atoms with Crippen molar-refractivity contribution in [3.05, 3.63) is 60.2 Å². The average Bonchev–Trinajstić information content (AvgIpc) is 3.17. The molecule has 0 radical (unpaired) electrons. The lowest BCUT2D eigenvalue weighted by Gasteiger charge is -2.28. The zero-order valence-corrected chi connectivity index (χ0v) is 16.2. The van der Waals surface area contributed by atoms with Crippen molar-refractivity contribution in [3.8, 4) is 0 Å². The minimum atomic E-state index is -3.63. The highest BCUT2D eigenvalue weighted by molar-refractivity contribution is 7.89. The van der Waals surface area contributed by atoms with Gasteiger partial charge in [0.25, 0.3) is 0 Å². The summed E-state index contributed by atoms with van der Waals surface area (Å²) in [6.45, 7) is 3.69. The summed E-state index contributed by atoms with van der Waals surface area (Å²) in [6.07, 6.45) is 2.28. The fraction of sp³-hybridized carbons (Fsp3) is 0.350. The first-order chi connectivity index (χ1) is 13.0. The normalized spacial score (nSPS) is 16.2. The molecule has 1 aliphatic heterocycles. The smallest absolute Gasteiger partial charge is 0.240 e. The molecule has 27 heavy (non-hydrogen) atoms. The van der Waals surface area contributed by atoms with Crippen LogP contribution in [0.25, 0.3) is 0 Å². The van der Waals surface area contributed by atoms with Gasteiger partial charge in [-0.15, -0.1) is 0 Å². The van der Waals surface area contributed by atoms with Gasteiger partial charge in [-0.25, -0.2) is 13.1 Å². The quantitative estimate of drug-likeness (QED) is 0.766. The lowest BCUT2D eigenvalue weighted by Crippen LogP contribution is -2.36. The van der Waals surface area contributed by atoms with Crippen LogP contribution in [0, 0.1) is 0 Å². The number of hydrogen-bond donors (Lipinski definition) is 2. The van der Waals surface area contributed by atoms with E-state index in [2.05, 4.69) is 14.9 Å². The number of hydrogen-bond acceptors (Lipinski definition) is 4. The summed E-state index contributed by atoms with van der Waals surface area (Å²) in [4.78, 5) is 13.6. The second kappa shape index (κ2) is 8.65. The third-order valence-corrected chi connectivity index (χ3v) is 6.16. The third-order valence-electron chi connectivity index (χ3n) is 4.72. The van der Waals surface area contributed by atoms with Gasteiger partial charge in [-0.1, -0.05) is 30.3 Å². The van der Waals surface area contributed by atoms with Crippen LogP contribution in [-0.4, -0.2) is 38.9 Å². The van der Waals surface area contributed by atoms with Gasteiger partial charge in [-0.3, -0.25) is 9.69 Å². The minimum absolute atomic E-state index is 0.0159. The van der Waals surface area contributed by atoms with Gasteiger partial charge in [0.2, 0.25) is 15.9 Å². The molecule has 1 amide bonds. The average molecular weight is 388 g/mol. The Balaban J connectivity index is 1.72. The zero-order valence-electron chi connectivity index (χ0n) is 15.4. The van der Waals surface area contributed by atoms with E-state index in [1.54, 1.807) is 12.1 Å². The van der Waals surface area contributed by atoms with Crippen LogP contribution >= 0.6 is 0 Å².